The summed E-state index contributed by atoms with van der Waals surface area (Å²) in [5.74, 6) is 1.17. The van der Waals surface area contributed by atoms with Gasteiger partial charge in [0.15, 0.2) is 11.0 Å². The lowest BCUT2D eigenvalue weighted by Gasteiger charge is -2.18. The zero-order valence-corrected chi connectivity index (χ0v) is 19.0. The second-order valence-electron chi connectivity index (χ2n) is 7.20. The third kappa shape index (κ3) is 5.17. The fourth-order valence-electron chi connectivity index (χ4n) is 3.22. The van der Waals surface area contributed by atoms with Crippen LogP contribution in [0.3, 0.4) is 0 Å². The van der Waals surface area contributed by atoms with E-state index in [0.29, 0.717) is 41.1 Å². The van der Waals surface area contributed by atoms with Crippen LogP contribution < -0.4 is 13.8 Å². The number of ether oxygens (including phenoxy) is 2. The molecule has 10 heteroatoms. The molecule has 0 bridgehead atoms. The van der Waals surface area contributed by atoms with Gasteiger partial charge in [0, 0.05) is 37.1 Å². The Labute approximate surface area is 194 Å². The molecule has 2 aromatic carbocycles. The number of methoxy groups -OCH3 is 1. The Balaban J connectivity index is 1.32. The van der Waals surface area contributed by atoms with Crippen molar-refractivity contribution in [3.05, 3.63) is 72.6 Å². The molecule has 1 aliphatic heterocycles. The molecule has 3 aromatic rings. The Hall–Kier alpha value is -3.79. The normalized spacial score (nSPS) is 15.8. The lowest BCUT2D eigenvalue weighted by Crippen LogP contribution is -2.28. The van der Waals surface area contributed by atoms with Crippen LogP contribution in [0.15, 0.2) is 77.0 Å². The summed E-state index contributed by atoms with van der Waals surface area (Å²) in [4.78, 5) is 21.4. The van der Waals surface area contributed by atoms with Crippen LogP contribution in [0.2, 0.25) is 0 Å². The molecule has 170 valence electrons. The maximum absolute atomic E-state index is 12.9. The number of amides is 1. The first-order valence-corrected chi connectivity index (χ1v) is 11.3. The molecule has 0 radical (unpaired) electrons. The van der Waals surface area contributed by atoms with E-state index < -0.39 is 11.0 Å². The van der Waals surface area contributed by atoms with Gasteiger partial charge in [0.2, 0.25) is 5.82 Å². The van der Waals surface area contributed by atoms with Gasteiger partial charge in [-0.05, 0) is 36.4 Å². The first-order chi connectivity index (χ1) is 16.1. The standard InChI is InChI=1S/C23H23N5O4S/c1-27(21-22(31-2)25-13-12-24-21)33(30)20-10-8-19(9-11-20)32-16-17-14-26-28(15-17)23(29)18-6-4-3-5-7-18/h3-14,17H,15-16H2,1-2H3. The number of hydrogen-bond acceptors (Lipinski definition) is 7. The predicted octanol–water partition coefficient (Wildman–Crippen LogP) is 2.78. The van der Waals surface area contributed by atoms with E-state index >= 15 is 0 Å². The van der Waals surface area contributed by atoms with Gasteiger partial charge in [0.25, 0.3) is 11.8 Å². The fraction of sp³-hybridized carbons (Fsp3) is 0.217. The largest absolute Gasteiger partial charge is 0.493 e. The summed E-state index contributed by atoms with van der Waals surface area (Å²) in [6.07, 6.45) is 4.76. The molecular weight excluding hydrogens is 442 g/mol. The van der Waals surface area contributed by atoms with Crippen LogP contribution in [0.25, 0.3) is 0 Å². The summed E-state index contributed by atoms with van der Waals surface area (Å²) >= 11 is 0. The minimum absolute atomic E-state index is 0.0123. The fourth-order valence-corrected chi connectivity index (χ4v) is 4.19. The number of rotatable bonds is 8. The zero-order valence-electron chi connectivity index (χ0n) is 18.2. The minimum atomic E-state index is -1.50. The molecule has 4 rings (SSSR count). The summed E-state index contributed by atoms with van der Waals surface area (Å²) in [5.41, 5.74) is 0.601. The van der Waals surface area contributed by atoms with Crippen LogP contribution in [0.1, 0.15) is 10.4 Å². The van der Waals surface area contributed by atoms with E-state index in [1.165, 1.54) is 28.8 Å². The second kappa shape index (κ2) is 10.2. The molecule has 9 nitrogen and oxygen atoms in total. The number of carbonyl (C=O) groups is 1. The topological polar surface area (TPSA) is 97.2 Å². The smallest absolute Gasteiger partial charge is 0.273 e. The molecule has 1 amide bonds. The molecule has 0 aliphatic carbocycles. The number of nitrogens with zero attached hydrogens (tertiary/aromatic N) is 5. The van der Waals surface area contributed by atoms with E-state index in [-0.39, 0.29) is 11.8 Å². The van der Waals surface area contributed by atoms with Crippen molar-refractivity contribution < 1.29 is 18.5 Å². The highest BCUT2D eigenvalue weighted by Crippen LogP contribution is 2.25. The number of anilines is 1. The summed E-state index contributed by atoms with van der Waals surface area (Å²) in [7, 11) is 1.65. The van der Waals surface area contributed by atoms with Gasteiger partial charge in [0.1, 0.15) is 5.75 Å². The molecule has 0 N–H and O–H groups in total. The third-order valence-corrected chi connectivity index (χ3v) is 6.30. The molecular formula is C23H23N5O4S. The van der Waals surface area contributed by atoms with Crippen molar-refractivity contribution in [2.45, 2.75) is 4.90 Å². The molecule has 1 aromatic heterocycles. The number of hydrogen-bond donors (Lipinski definition) is 0. The Morgan fingerprint density at radius 2 is 1.85 bits per heavy atom. The van der Waals surface area contributed by atoms with E-state index in [1.54, 1.807) is 49.7 Å². The summed E-state index contributed by atoms with van der Waals surface area (Å²) in [6.45, 7) is 0.835. The Bertz CT molecular complexity index is 1160. The van der Waals surface area contributed by atoms with Gasteiger partial charge in [-0.2, -0.15) is 5.10 Å². The van der Waals surface area contributed by atoms with E-state index in [2.05, 4.69) is 15.1 Å². The molecule has 2 unspecified atom stereocenters. The predicted molar refractivity (Wildman–Crippen MR) is 125 cm³/mol. The van der Waals surface area contributed by atoms with Gasteiger partial charge in [-0.1, -0.05) is 18.2 Å². The number of benzene rings is 2. The number of hydrazone groups is 1. The lowest BCUT2D eigenvalue weighted by atomic mass is 10.1. The van der Waals surface area contributed by atoms with Crippen molar-refractivity contribution in [2.75, 3.05) is 31.6 Å². The monoisotopic (exact) mass is 465 g/mol. The molecule has 33 heavy (non-hydrogen) atoms. The van der Waals surface area contributed by atoms with E-state index in [4.69, 9.17) is 9.47 Å². The molecule has 0 spiro atoms. The highest BCUT2D eigenvalue weighted by Gasteiger charge is 2.24. The molecule has 2 heterocycles. The summed E-state index contributed by atoms with van der Waals surface area (Å²) in [5, 5.41) is 5.67. The van der Waals surface area contributed by atoms with Gasteiger partial charge >= 0.3 is 0 Å². The summed E-state index contributed by atoms with van der Waals surface area (Å²) < 4.78 is 25.5. The quantitative estimate of drug-likeness (QED) is 0.508. The Kier molecular flexibility index (Phi) is 6.94. The Morgan fingerprint density at radius 3 is 2.58 bits per heavy atom. The van der Waals surface area contributed by atoms with Crippen LogP contribution >= 0.6 is 0 Å². The first kappa shape index (κ1) is 22.4. The summed E-state index contributed by atoms with van der Waals surface area (Å²) in [6, 6.07) is 16.0. The van der Waals surface area contributed by atoms with Crippen LogP contribution in [-0.4, -0.2) is 58.6 Å². The SMILES string of the molecule is COc1nccnc1N(C)S(=O)c1ccc(OCC2C=NN(C(=O)c3ccccc3)C2)cc1. The number of aromatic nitrogens is 2. The first-order valence-electron chi connectivity index (χ1n) is 10.2. The highest BCUT2D eigenvalue weighted by molar-refractivity contribution is 7.86. The molecule has 0 saturated heterocycles. The van der Waals surface area contributed by atoms with E-state index in [0.717, 1.165) is 0 Å². The van der Waals surface area contributed by atoms with Gasteiger partial charge in [-0.15, -0.1) is 0 Å². The van der Waals surface area contributed by atoms with Crippen molar-refractivity contribution in [3.8, 4) is 11.6 Å². The van der Waals surface area contributed by atoms with E-state index in [1.807, 2.05) is 18.2 Å². The van der Waals surface area contributed by atoms with Gasteiger partial charge in [-0.25, -0.2) is 19.2 Å². The average molecular weight is 466 g/mol. The molecule has 2 atom stereocenters. The van der Waals surface area contributed by atoms with Crippen molar-refractivity contribution >= 4 is 28.9 Å². The Morgan fingerprint density at radius 1 is 1.12 bits per heavy atom. The second-order valence-corrected chi connectivity index (χ2v) is 8.71. The lowest BCUT2D eigenvalue weighted by molar-refractivity contribution is 0.0761. The van der Waals surface area contributed by atoms with Crippen LogP contribution in [-0.2, 0) is 11.0 Å². The van der Waals surface area contributed by atoms with Crippen LogP contribution in [0.4, 0.5) is 5.82 Å². The maximum Gasteiger partial charge on any atom is 0.273 e. The van der Waals surface area contributed by atoms with Crippen molar-refractivity contribution in [1.82, 2.24) is 15.0 Å². The highest BCUT2D eigenvalue weighted by atomic mass is 32.2. The van der Waals surface area contributed by atoms with Crippen molar-refractivity contribution in [2.24, 2.45) is 11.0 Å². The number of carbonyl (C=O) groups excluding carboxylic acids is 1. The van der Waals surface area contributed by atoms with Crippen molar-refractivity contribution in [3.63, 3.8) is 0 Å². The zero-order chi connectivity index (χ0) is 23.2. The van der Waals surface area contributed by atoms with Gasteiger partial charge in [-0.3, -0.25) is 9.10 Å². The van der Waals surface area contributed by atoms with Crippen LogP contribution in [0, 0.1) is 5.92 Å². The third-order valence-electron chi connectivity index (χ3n) is 4.96. The average Bonchev–Trinajstić information content (AvgIpc) is 3.36. The van der Waals surface area contributed by atoms with Gasteiger partial charge in [0.05, 0.1) is 25.2 Å². The van der Waals surface area contributed by atoms with Crippen molar-refractivity contribution in [1.29, 1.82) is 0 Å². The van der Waals surface area contributed by atoms with E-state index in [9.17, 15) is 9.00 Å². The van der Waals surface area contributed by atoms with Crippen LogP contribution in [0.5, 0.6) is 11.6 Å². The molecule has 0 fully saturated rings. The molecule has 1 aliphatic rings. The maximum atomic E-state index is 12.9. The molecule has 0 saturated carbocycles. The minimum Gasteiger partial charge on any atom is -0.493 e. The van der Waals surface area contributed by atoms with Gasteiger partial charge < -0.3 is 9.47 Å².